The summed E-state index contributed by atoms with van der Waals surface area (Å²) in [5, 5.41) is 2.75. The summed E-state index contributed by atoms with van der Waals surface area (Å²) >= 11 is -0.914. The van der Waals surface area contributed by atoms with E-state index in [4.69, 9.17) is 0 Å². The van der Waals surface area contributed by atoms with Crippen LogP contribution in [0, 0.1) is 31.5 Å². The van der Waals surface area contributed by atoms with Crippen LogP contribution in [0.4, 0.5) is 0 Å². The molecule has 0 aliphatic heterocycles. The van der Waals surface area contributed by atoms with Gasteiger partial charge in [-0.15, -0.1) is 0 Å². The Morgan fingerprint density at radius 3 is 1.00 bits per heavy atom. The van der Waals surface area contributed by atoms with Crippen molar-refractivity contribution in [3.05, 3.63) is 108 Å². The van der Waals surface area contributed by atoms with Crippen LogP contribution in [0.1, 0.15) is 16.7 Å². The molecule has 2 heteroatoms. The van der Waals surface area contributed by atoms with Crippen molar-refractivity contribution in [2.75, 3.05) is 14.1 Å². The third-order valence-electron chi connectivity index (χ3n) is 3.32. The Morgan fingerprint density at radius 1 is 0.520 bits per heavy atom. The molecule has 0 atom stereocenters. The summed E-state index contributed by atoms with van der Waals surface area (Å²) in [5.74, 6) is 0. The van der Waals surface area contributed by atoms with E-state index < -0.39 is 31.5 Å². The van der Waals surface area contributed by atoms with Crippen LogP contribution in [0.15, 0.2) is 91.0 Å². The molecule has 0 unspecified atom stereocenters. The van der Waals surface area contributed by atoms with Crippen molar-refractivity contribution in [2.45, 2.75) is 7.74 Å². The molecule has 3 rings (SSSR count). The van der Waals surface area contributed by atoms with E-state index in [0.29, 0.717) is 0 Å². The van der Waals surface area contributed by atoms with E-state index >= 15 is 0 Å². The molecule has 0 aliphatic carbocycles. The van der Waals surface area contributed by atoms with Gasteiger partial charge in [-0.3, -0.25) is 0 Å². The first-order valence-corrected chi connectivity index (χ1v) is 12.3. The van der Waals surface area contributed by atoms with Gasteiger partial charge in [0.05, 0.1) is 0 Å². The fraction of sp³-hybridized carbons (Fsp3) is 0.217. The summed E-state index contributed by atoms with van der Waals surface area (Å²) in [6.07, 6.45) is 0. The fourth-order valence-electron chi connectivity index (χ4n) is 2.25. The summed E-state index contributed by atoms with van der Waals surface area (Å²) in [6.45, 7) is 0. The van der Waals surface area contributed by atoms with Crippen LogP contribution in [0.5, 0.6) is 0 Å². The fourth-order valence-corrected chi connectivity index (χ4v) is 7.46. The third-order valence-corrected chi connectivity index (χ3v) is 8.36. The summed E-state index contributed by atoms with van der Waals surface area (Å²) in [5.41, 5.74) is 4.48. The van der Waals surface area contributed by atoms with E-state index in [9.17, 15) is 0 Å². The quantitative estimate of drug-likeness (QED) is 0.516. The summed E-state index contributed by atoms with van der Waals surface area (Å²) in [4.78, 5) is 0. The maximum atomic E-state index is 2.75. The van der Waals surface area contributed by atoms with Crippen molar-refractivity contribution >= 4 is 0 Å². The Kier molecular flexibility index (Phi) is 9.90. The summed E-state index contributed by atoms with van der Waals surface area (Å²) < 4.78 is 3.81. The second kappa shape index (κ2) is 12.3. The van der Waals surface area contributed by atoms with Crippen LogP contribution in [0.3, 0.4) is 0 Å². The molecule has 3 aromatic rings. The third kappa shape index (κ3) is 8.19. The van der Waals surface area contributed by atoms with Gasteiger partial charge in [0.25, 0.3) is 0 Å². The van der Waals surface area contributed by atoms with Crippen LogP contribution >= 0.6 is 0 Å². The van der Waals surface area contributed by atoms with Crippen LogP contribution in [-0.4, -0.2) is 14.1 Å². The minimum absolute atomic E-state index is 0.914. The summed E-state index contributed by atoms with van der Waals surface area (Å²) in [6, 6.07) is 32.9. The van der Waals surface area contributed by atoms with E-state index in [1.54, 1.807) is 0 Å². The van der Waals surface area contributed by atoms with E-state index in [1.165, 1.54) is 24.4 Å². The number of hydrogen-bond donors (Lipinski definition) is 1. The van der Waals surface area contributed by atoms with Crippen molar-refractivity contribution in [1.29, 1.82) is 0 Å². The van der Waals surface area contributed by atoms with Gasteiger partial charge >= 0.3 is 147 Å². The van der Waals surface area contributed by atoms with Crippen molar-refractivity contribution in [2.24, 2.45) is 0 Å². The molecule has 0 heterocycles. The van der Waals surface area contributed by atoms with Gasteiger partial charge in [0.2, 0.25) is 0 Å². The zero-order valence-corrected chi connectivity index (χ0v) is 16.9. The van der Waals surface area contributed by atoms with E-state index in [0.717, 1.165) is 0 Å². The Hall–Kier alpha value is -1.13. The first kappa shape index (κ1) is 20.2. The molecule has 3 aromatic carbocycles. The van der Waals surface area contributed by atoms with Crippen LogP contribution < -0.4 is 5.32 Å². The summed E-state index contributed by atoms with van der Waals surface area (Å²) in [7, 11) is 3.75. The second-order valence-corrected chi connectivity index (χ2v) is 10.4. The number of nitrogens with one attached hydrogen (secondary N) is 1. The zero-order chi connectivity index (χ0) is 17.7. The Bertz CT molecular complexity index is 584. The first-order chi connectivity index (χ1) is 12.3. The van der Waals surface area contributed by atoms with Gasteiger partial charge in [0.15, 0.2) is 0 Å². The average molecular weight is 486 g/mol. The van der Waals surface area contributed by atoms with Gasteiger partial charge in [0, 0.05) is 0 Å². The molecule has 0 bridgehead atoms. The normalized spacial score (nSPS) is 10.6. The Labute approximate surface area is 165 Å². The molecule has 137 valence electrons. The molecule has 0 amide bonds. The zero-order valence-electron chi connectivity index (χ0n) is 15.1. The predicted molar refractivity (Wildman–Crippen MR) is 105 cm³/mol. The van der Waals surface area contributed by atoms with Crippen LogP contribution in [0.2, 0.25) is 0 Å². The molecule has 1 N–H and O–H groups in total. The Morgan fingerprint density at radius 2 is 0.760 bits per heavy atom. The van der Waals surface area contributed by atoms with Gasteiger partial charge in [-0.05, 0) is 14.1 Å². The molecule has 0 aliphatic rings. The predicted octanol–water partition coefficient (Wildman–Crippen LogP) is 5.04. The van der Waals surface area contributed by atoms with Gasteiger partial charge in [0.1, 0.15) is 0 Å². The number of benzene rings is 3. The molecule has 0 saturated heterocycles. The monoisotopic (exact) mass is 484 g/mol. The first-order valence-electron chi connectivity index (χ1n) is 8.41. The molecule has 0 spiro atoms. The number of hydrogen-bond acceptors (Lipinski definition) is 1. The molecular formula is C23H28ErN. The molecule has 25 heavy (non-hydrogen) atoms. The van der Waals surface area contributed by atoms with Crippen molar-refractivity contribution in [3.8, 4) is 0 Å². The van der Waals surface area contributed by atoms with E-state index in [-0.39, 0.29) is 0 Å². The average Bonchev–Trinajstić information content (AvgIpc) is 2.65. The van der Waals surface area contributed by atoms with Gasteiger partial charge < -0.3 is 5.32 Å². The van der Waals surface area contributed by atoms with Crippen molar-refractivity contribution < 1.29 is 31.5 Å². The Balaban J connectivity index is 0.000000701. The molecule has 0 aromatic heterocycles. The van der Waals surface area contributed by atoms with Crippen LogP contribution in [-0.2, 0) is 7.74 Å². The SMILES string of the molecule is CNC.c1ccc([CH2][Er]([CH2]c2ccccc2)[CH2]c2ccccc2)cc1. The molecule has 0 saturated carbocycles. The molecule has 0 fully saturated rings. The minimum atomic E-state index is -0.914. The van der Waals surface area contributed by atoms with Crippen LogP contribution in [0.25, 0.3) is 0 Å². The molecule has 0 radical (unpaired) electrons. The molecular weight excluding hydrogens is 458 g/mol. The number of rotatable bonds is 6. The van der Waals surface area contributed by atoms with Gasteiger partial charge in [-0.2, -0.15) is 0 Å². The maximum absolute atomic E-state index is 2.75. The van der Waals surface area contributed by atoms with E-state index in [1.807, 2.05) is 14.1 Å². The molecule has 1 nitrogen and oxygen atoms in total. The second-order valence-electron chi connectivity index (χ2n) is 5.70. The van der Waals surface area contributed by atoms with E-state index in [2.05, 4.69) is 96.3 Å². The van der Waals surface area contributed by atoms with Crippen molar-refractivity contribution in [3.63, 3.8) is 0 Å². The topological polar surface area (TPSA) is 12.0 Å². The standard InChI is InChI=1S/3C7H7.C2H7N.Er/c3*1-7-5-3-2-4-6-7;1-3-2;/h3*2-6H,1H2;3H,1-2H3;. The van der Waals surface area contributed by atoms with Crippen molar-refractivity contribution in [1.82, 2.24) is 5.32 Å². The van der Waals surface area contributed by atoms with Gasteiger partial charge in [-0.25, -0.2) is 0 Å². The van der Waals surface area contributed by atoms with Gasteiger partial charge in [-0.1, -0.05) is 0 Å².